The summed E-state index contributed by atoms with van der Waals surface area (Å²) in [6.07, 6.45) is 12.9. The van der Waals surface area contributed by atoms with Crippen LogP contribution < -0.4 is 20.9 Å². The van der Waals surface area contributed by atoms with Gasteiger partial charge in [0.15, 0.2) is 0 Å². The van der Waals surface area contributed by atoms with Crippen molar-refractivity contribution >= 4 is 180 Å². The van der Waals surface area contributed by atoms with Crippen LogP contribution in [-0.2, 0) is 0 Å². The van der Waals surface area contributed by atoms with E-state index in [1.165, 1.54) is 105 Å². The van der Waals surface area contributed by atoms with Gasteiger partial charge in [0.25, 0.3) is 82.0 Å². The van der Waals surface area contributed by atoms with E-state index in [0.29, 0.717) is 25.7 Å². The van der Waals surface area contributed by atoms with Gasteiger partial charge in [-0.3, -0.25) is 95.5 Å². The van der Waals surface area contributed by atoms with Gasteiger partial charge < -0.3 is 0 Å². The van der Waals surface area contributed by atoms with E-state index in [1.54, 1.807) is 12.1 Å². The third kappa shape index (κ3) is 10.3. The quantitative estimate of drug-likeness (QED) is 0.0455. The van der Waals surface area contributed by atoms with Crippen molar-refractivity contribution in [3.8, 4) is 0 Å². The number of aromatic nitrogens is 4. The molecule has 0 aliphatic carbocycles. The first kappa shape index (κ1) is 75.2. The fraction of sp³-hybridized carbons (Fsp3) is 0.340. The summed E-state index contributed by atoms with van der Waals surface area (Å²) >= 11 is 0. The molecule has 6 aliphatic rings. The Morgan fingerprint density at radius 2 is 0.458 bits per heavy atom. The van der Waals surface area contributed by atoms with Crippen molar-refractivity contribution in [3.63, 3.8) is 0 Å². The van der Waals surface area contributed by atoms with Gasteiger partial charge in [-0.2, -0.15) is 0 Å². The third-order valence-electron chi connectivity index (χ3n) is 26.6. The number of fused-ring (bicyclic) bond motifs is 8. The number of benzene rings is 9. The van der Waals surface area contributed by atoms with Crippen molar-refractivity contribution in [2.24, 2.45) is 23.7 Å². The summed E-state index contributed by atoms with van der Waals surface area (Å²) in [5.74, 6) is -9.19. The van der Waals surface area contributed by atoms with E-state index in [1.807, 2.05) is 27.7 Å². The van der Waals surface area contributed by atoms with Gasteiger partial charge in [-0.05, 0) is 146 Å². The van der Waals surface area contributed by atoms with E-state index < -0.39 is 115 Å². The number of carbonyl (C=O) groups is 12. The van der Waals surface area contributed by atoms with Crippen LogP contribution in [0.25, 0.3) is 98.0 Å². The van der Waals surface area contributed by atoms with E-state index in [-0.39, 0.29) is 193 Å². The molecule has 9 aromatic carbocycles. The van der Waals surface area contributed by atoms with Crippen molar-refractivity contribution in [2.75, 3.05) is 36.0 Å². The Labute approximate surface area is 674 Å². The molecule has 0 N–H and O–H groups in total. The smallest absolute Gasteiger partial charge is 0.266 e. The number of imide groups is 6. The zero-order valence-corrected chi connectivity index (χ0v) is 66.9. The largest absolute Gasteiger partial charge is 0.274 e. The van der Waals surface area contributed by atoms with Gasteiger partial charge in [-0.15, -0.1) is 0 Å². The highest BCUT2D eigenvalue weighted by Gasteiger charge is 2.49. The Balaban J connectivity index is 0.910. The number of pyridine rings is 2. The molecule has 118 heavy (non-hydrogen) atoms. The van der Waals surface area contributed by atoms with Crippen molar-refractivity contribution in [1.29, 1.82) is 0 Å². The minimum Gasteiger partial charge on any atom is -0.274 e. The molecular formula is C94H84N10O14. The predicted molar refractivity (Wildman–Crippen MR) is 449 cm³/mol. The third-order valence-corrected chi connectivity index (χ3v) is 26.6. The molecule has 0 spiro atoms. The van der Waals surface area contributed by atoms with E-state index in [4.69, 9.17) is 9.97 Å². The lowest BCUT2D eigenvalue weighted by molar-refractivity contribution is 0.0565. The fourth-order valence-electron chi connectivity index (χ4n) is 20.1. The monoisotopic (exact) mass is 1580 g/mol. The second-order valence-corrected chi connectivity index (χ2v) is 33.0. The highest BCUT2D eigenvalue weighted by molar-refractivity contribution is 6.46. The van der Waals surface area contributed by atoms with Crippen molar-refractivity contribution in [2.45, 2.75) is 158 Å². The van der Waals surface area contributed by atoms with Crippen LogP contribution in [0.4, 0.5) is 11.4 Å². The number of hydrogen-bond donors (Lipinski definition) is 0. The van der Waals surface area contributed by atoms with E-state index in [0.717, 1.165) is 95.7 Å². The van der Waals surface area contributed by atoms with Crippen LogP contribution in [-0.4, -0.2) is 135 Å². The normalized spacial score (nSPS) is 16.5. The molecule has 24 heteroatoms. The van der Waals surface area contributed by atoms with Crippen LogP contribution in [0.5, 0.6) is 0 Å². The predicted octanol–water partition coefficient (Wildman–Crippen LogP) is 16.7. The SMILES string of the molecule is CCCCC(CC)CN1C(=O)c2ccc3c4c(ccc(c24)C1=O)C(=O)N(c1c2nc4c5ccc6c7c(ccc(c(=O)n4c2c(N2C(=O)c4ccc8c9c(ccc(c49)C2=O)C(=O)N(CC(CC)CCCC)C8=O)c2nc4c8ccc9c%10c(ccc(c(=O)n4c12)c%108)C(=O)N(CC(CC)CCCC)C9=O)c75)C(=O)N(CC(CC)CCCC)C6=O)C3=O. The molecule has 4 atom stereocenters. The van der Waals surface area contributed by atoms with Gasteiger partial charge in [0.2, 0.25) is 0 Å². The van der Waals surface area contributed by atoms with Crippen molar-refractivity contribution in [1.82, 2.24) is 38.4 Å². The number of imidazole rings is 2. The molecule has 0 bridgehead atoms. The zero-order chi connectivity index (χ0) is 82.4. The molecular weight excluding hydrogens is 1490 g/mol. The molecule has 4 unspecified atom stereocenters. The molecule has 0 radical (unpaired) electrons. The average molecular weight is 1580 g/mol. The molecule has 0 fully saturated rings. The van der Waals surface area contributed by atoms with Gasteiger partial charge in [0.1, 0.15) is 44.7 Å². The molecule has 10 heterocycles. The summed E-state index contributed by atoms with van der Waals surface area (Å²) in [4.78, 5) is 238. The maximum atomic E-state index is 16.8. The van der Waals surface area contributed by atoms with Crippen LogP contribution in [0.3, 0.4) is 0 Å². The van der Waals surface area contributed by atoms with Crippen LogP contribution in [0.1, 0.15) is 282 Å². The lowest BCUT2D eigenvalue weighted by atomic mass is 9.85. The van der Waals surface area contributed by atoms with Crippen LogP contribution in [0.2, 0.25) is 0 Å². The molecule has 4 aromatic heterocycles. The Bertz CT molecular complexity index is 6390. The first-order chi connectivity index (χ1) is 57.1. The van der Waals surface area contributed by atoms with Gasteiger partial charge >= 0.3 is 0 Å². The Hall–Kier alpha value is -12.9. The van der Waals surface area contributed by atoms with Gasteiger partial charge in [-0.25, -0.2) is 19.8 Å². The molecule has 13 aromatic rings. The minimum absolute atomic E-state index is 0.0153. The van der Waals surface area contributed by atoms with Crippen LogP contribution in [0, 0.1) is 23.7 Å². The Kier molecular flexibility index (Phi) is 17.8. The molecule has 0 saturated carbocycles. The standard InChI is InChI=1S/C94H84N10O14/c1-9-17-21-45(13-5)41-97-81(105)51-27-25-49-65-59(35-29-53(67(51)65)83(97)107)89(113)101-75-73(95-79(49)101)77(103-91(115)61-37-31-55-69-56(32-38-62(71(61)69)92(103)116)86(110)99(85(55)109)43-47(15-7)23-19-11-3)76-74(96-80-50-26-28-52-68-54(30-36-60(66(50)68)90(114)102(76)80)84(108)98(82(52)106)42-46(14-6)22-18-10-2)78(75)104-93(117)63-39-33-57-70-58(34-40-64(72(63)70)94(104)118)88(112)100(87(57)111)44-48(16-8)24-20-12-4/h25-40,45-48H,9-24,41-44H2,1-8H3. The Morgan fingerprint density at radius 3 is 0.678 bits per heavy atom. The van der Waals surface area contributed by atoms with Crippen LogP contribution >= 0.6 is 0 Å². The summed E-state index contributed by atoms with van der Waals surface area (Å²) in [5, 5.41) is 0.823. The second kappa shape index (κ2) is 27.9. The van der Waals surface area contributed by atoms with Crippen molar-refractivity contribution in [3.05, 3.63) is 185 Å². The fourth-order valence-corrected chi connectivity index (χ4v) is 20.1. The first-order valence-electron chi connectivity index (χ1n) is 41.8. The number of amides is 12. The topological polar surface area (TPSA) is 293 Å². The van der Waals surface area contributed by atoms with Gasteiger partial charge in [0.05, 0.1) is 0 Å². The Morgan fingerprint density at radius 1 is 0.254 bits per heavy atom. The molecule has 594 valence electrons. The number of nitrogens with zero attached hydrogens (tertiary/aromatic N) is 10. The summed E-state index contributed by atoms with van der Waals surface area (Å²) in [5.41, 5.74) is -4.95. The van der Waals surface area contributed by atoms with E-state index in [9.17, 15) is 19.2 Å². The molecule has 12 amide bonds. The van der Waals surface area contributed by atoms with E-state index >= 15 is 47.9 Å². The molecule has 24 nitrogen and oxygen atoms in total. The zero-order valence-electron chi connectivity index (χ0n) is 66.9. The number of anilines is 2. The lowest BCUT2D eigenvalue weighted by Gasteiger charge is -2.34. The van der Waals surface area contributed by atoms with Crippen molar-refractivity contribution < 1.29 is 57.5 Å². The number of rotatable bonds is 26. The number of hydrogen-bond acceptors (Lipinski definition) is 16. The lowest BCUT2D eigenvalue weighted by Crippen LogP contribution is -2.45. The summed E-state index contributed by atoms with van der Waals surface area (Å²) < 4.78 is 2.25. The van der Waals surface area contributed by atoms with Crippen LogP contribution in [0.15, 0.2) is 107 Å². The highest BCUT2D eigenvalue weighted by Crippen LogP contribution is 2.52. The maximum Gasteiger partial charge on any atom is 0.266 e. The number of carbonyl (C=O) groups excluding carboxylic acids is 12. The second-order valence-electron chi connectivity index (χ2n) is 33.0. The maximum absolute atomic E-state index is 16.8. The van der Waals surface area contributed by atoms with Gasteiger partial charge in [0, 0.05) is 158 Å². The summed E-state index contributed by atoms with van der Waals surface area (Å²) in [7, 11) is 0. The molecule has 19 rings (SSSR count). The van der Waals surface area contributed by atoms with E-state index in [2.05, 4.69) is 27.7 Å². The summed E-state index contributed by atoms with van der Waals surface area (Å²) in [6, 6.07) is 23.4. The van der Waals surface area contributed by atoms with Gasteiger partial charge in [-0.1, -0.05) is 132 Å². The molecule has 0 saturated heterocycles. The number of unbranched alkanes of at least 4 members (excludes halogenated alkanes) is 4. The first-order valence-corrected chi connectivity index (χ1v) is 41.8. The molecule has 6 aliphatic heterocycles. The average Bonchev–Trinajstić information content (AvgIpc) is 1.48. The summed E-state index contributed by atoms with van der Waals surface area (Å²) in [6.45, 7) is 16.8. The minimum atomic E-state index is -1.07. The highest BCUT2D eigenvalue weighted by atomic mass is 16.2.